The van der Waals surface area contributed by atoms with Crippen LogP contribution in [-0.2, 0) is 16.0 Å². The van der Waals surface area contributed by atoms with Crippen LogP contribution in [0.5, 0.6) is 5.75 Å². The van der Waals surface area contributed by atoms with E-state index in [1.165, 1.54) is 5.56 Å². The van der Waals surface area contributed by atoms with Crippen molar-refractivity contribution >= 4 is 17.5 Å². The molecule has 1 aliphatic heterocycles. The van der Waals surface area contributed by atoms with Gasteiger partial charge in [-0.2, -0.15) is 0 Å². The van der Waals surface area contributed by atoms with Crippen molar-refractivity contribution in [2.45, 2.75) is 26.7 Å². The van der Waals surface area contributed by atoms with Crippen molar-refractivity contribution < 1.29 is 14.3 Å². The van der Waals surface area contributed by atoms with Crippen molar-refractivity contribution in [1.29, 1.82) is 0 Å². The number of carbonyl (C=O) groups excluding carboxylic acids is 2. The number of hydrazine groups is 1. The molecule has 2 aromatic rings. The summed E-state index contributed by atoms with van der Waals surface area (Å²) in [5.41, 5.74) is 9.34. The van der Waals surface area contributed by atoms with Gasteiger partial charge in [-0.15, -0.1) is 0 Å². The van der Waals surface area contributed by atoms with Gasteiger partial charge in [-0.1, -0.05) is 24.3 Å². The molecule has 0 saturated heterocycles. The smallest absolute Gasteiger partial charge is 0.276 e. The molecule has 0 bridgehead atoms. The number of carbonyl (C=O) groups is 2. The molecule has 3 rings (SSSR count). The SMILES string of the molecule is Cc1cc(C)cc(OCC(=O)NNC(=O)CN2CCCc3ccccc32)c1. The summed E-state index contributed by atoms with van der Waals surface area (Å²) in [7, 11) is 0. The first-order valence-electron chi connectivity index (χ1n) is 9.13. The number of nitrogens with zero attached hydrogens (tertiary/aromatic N) is 1. The largest absolute Gasteiger partial charge is 0.484 e. The number of hydrogen-bond donors (Lipinski definition) is 2. The van der Waals surface area contributed by atoms with E-state index in [2.05, 4.69) is 16.9 Å². The highest BCUT2D eigenvalue weighted by Crippen LogP contribution is 2.26. The average molecular weight is 367 g/mol. The fraction of sp³-hybridized carbons (Fsp3) is 0.333. The Balaban J connectivity index is 1.45. The second kappa shape index (κ2) is 8.58. The molecular weight excluding hydrogens is 342 g/mol. The van der Waals surface area contributed by atoms with Crippen molar-refractivity contribution in [3.63, 3.8) is 0 Å². The van der Waals surface area contributed by atoms with E-state index >= 15 is 0 Å². The summed E-state index contributed by atoms with van der Waals surface area (Å²) in [5, 5.41) is 0. The minimum atomic E-state index is -0.401. The molecule has 0 spiro atoms. The van der Waals surface area contributed by atoms with Crippen LogP contribution >= 0.6 is 0 Å². The van der Waals surface area contributed by atoms with Crippen molar-refractivity contribution in [3.05, 3.63) is 59.2 Å². The molecule has 0 aliphatic carbocycles. The molecule has 2 aromatic carbocycles. The lowest BCUT2D eigenvalue weighted by molar-refractivity contribution is -0.129. The molecule has 0 radical (unpaired) electrons. The predicted molar refractivity (Wildman–Crippen MR) is 105 cm³/mol. The number of fused-ring (bicyclic) bond motifs is 1. The molecule has 6 heteroatoms. The maximum atomic E-state index is 12.2. The quantitative estimate of drug-likeness (QED) is 0.796. The third-order valence-electron chi connectivity index (χ3n) is 4.45. The van der Waals surface area contributed by atoms with Gasteiger partial charge in [0.25, 0.3) is 11.8 Å². The molecule has 0 saturated carbocycles. The van der Waals surface area contributed by atoms with Crippen molar-refractivity contribution in [1.82, 2.24) is 10.9 Å². The van der Waals surface area contributed by atoms with E-state index in [1.54, 1.807) is 0 Å². The minimum Gasteiger partial charge on any atom is -0.484 e. The number of benzene rings is 2. The summed E-state index contributed by atoms with van der Waals surface area (Å²) in [4.78, 5) is 26.1. The van der Waals surface area contributed by atoms with Crippen molar-refractivity contribution in [2.24, 2.45) is 0 Å². The molecule has 1 heterocycles. The summed E-state index contributed by atoms with van der Waals surface area (Å²) >= 11 is 0. The summed E-state index contributed by atoms with van der Waals surface area (Å²) in [6, 6.07) is 13.9. The summed E-state index contributed by atoms with van der Waals surface area (Å²) in [6.07, 6.45) is 2.04. The Morgan fingerprint density at radius 3 is 2.52 bits per heavy atom. The Hall–Kier alpha value is -3.02. The van der Waals surface area contributed by atoms with E-state index < -0.39 is 5.91 Å². The zero-order valence-electron chi connectivity index (χ0n) is 15.7. The number of para-hydroxylation sites is 1. The van der Waals surface area contributed by atoms with Crippen molar-refractivity contribution in [3.8, 4) is 5.75 Å². The first kappa shape index (κ1) is 18.8. The third kappa shape index (κ3) is 5.23. The monoisotopic (exact) mass is 367 g/mol. The maximum absolute atomic E-state index is 12.2. The van der Waals surface area contributed by atoms with Crippen molar-refractivity contribution in [2.75, 3.05) is 24.6 Å². The molecule has 0 atom stereocenters. The van der Waals surface area contributed by atoms with E-state index in [9.17, 15) is 9.59 Å². The van der Waals surface area contributed by atoms with Gasteiger partial charge in [0.1, 0.15) is 5.75 Å². The van der Waals surface area contributed by atoms with Crippen LogP contribution in [0.3, 0.4) is 0 Å². The molecule has 1 aliphatic rings. The lowest BCUT2D eigenvalue weighted by Gasteiger charge is -2.30. The van der Waals surface area contributed by atoms with Gasteiger partial charge in [0.05, 0.1) is 6.54 Å². The van der Waals surface area contributed by atoms with Crippen LogP contribution in [0.2, 0.25) is 0 Å². The van der Waals surface area contributed by atoms with Gasteiger partial charge >= 0.3 is 0 Å². The number of amides is 2. The Bertz CT molecular complexity index is 815. The number of aryl methyl sites for hydroxylation is 3. The normalized spacial score (nSPS) is 12.9. The number of ether oxygens (including phenoxy) is 1. The van der Waals surface area contributed by atoms with E-state index in [4.69, 9.17) is 4.74 Å². The van der Waals surface area contributed by atoms with Gasteiger partial charge in [-0.3, -0.25) is 20.4 Å². The van der Waals surface area contributed by atoms with Crippen LogP contribution in [0.1, 0.15) is 23.1 Å². The number of rotatable bonds is 5. The molecule has 0 aromatic heterocycles. The van der Waals surface area contributed by atoms with Gasteiger partial charge in [-0.25, -0.2) is 0 Å². The van der Waals surface area contributed by atoms with E-state index in [1.807, 2.05) is 55.1 Å². The highest BCUT2D eigenvalue weighted by Gasteiger charge is 2.18. The van der Waals surface area contributed by atoms with Crippen LogP contribution in [0, 0.1) is 13.8 Å². The number of hydrogen-bond acceptors (Lipinski definition) is 4. The second-order valence-electron chi connectivity index (χ2n) is 6.86. The molecule has 142 valence electrons. The summed E-state index contributed by atoms with van der Waals surface area (Å²) < 4.78 is 5.48. The van der Waals surface area contributed by atoms with Gasteiger partial charge < -0.3 is 9.64 Å². The van der Waals surface area contributed by atoms with Gasteiger partial charge in [-0.05, 0) is 61.6 Å². The van der Waals surface area contributed by atoms with Crippen LogP contribution < -0.4 is 20.5 Å². The van der Waals surface area contributed by atoms with Crippen LogP contribution in [0.4, 0.5) is 5.69 Å². The molecule has 6 nitrogen and oxygen atoms in total. The first-order chi connectivity index (χ1) is 13.0. The number of anilines is 1. The standard InChI is InChI=1S/C21H25N3O3/c1-15-10-16(2)12-18(11-15)27-14-21(26)23-22-20(25)13-24-9-5-7-17-6-3-4-8-19(17)24/h3-4,6,8,10-12H,5,7,9,13-14H2,1-2H3,(H,22,25)(H,23,26). The minimum absolute atomic E-state index is 0.157. The summed E-state index contributed by atoms with van der Waals surface area (Å²) in [5.74, 6) is -0.0214. The van der Waals surface area contributed by atoms with Gasteiger partial charge in [0.2, 0.25) is 0 Å². The zero-order valence-corrected chi connectivity index (χ0v) is 15.7. The zero-order chi connectivity index (χ0) is 19.2. The molecule has 2 amide bonds. The van der Waals surface area contributed by atoms with Crippen LogP contribution in [-0.4, -0.2) is 31.5 Å². The Labute approximate surface area is 159 Å². The Kier molecular flexibility index (Phi) is 5.96. The lowest BCUT2D eigenvalue weighted by atomic mass is 10.0. The highest BCUT2D eigenvalue weighted by atomic mass is 16.5. The van der Waals surface area contributed by atoms with Gasteiger partial charge in [0.15, 0.2) is 6.61 Å². The molecule has 2 N–H and O–H groups in total. The average Bonchev–Trinajstić information content (AvgIpc) is 2.64. The van der Waals surface area contributed by atoms with E-state index in [0.29, 0.717) is 5.75 Å². The number of nitrogens with one attached hydrogen (secondary N) is 2. The molecule has 0 unspecified atom stereocenters. The Morgan fingerprint density at radius 2 is 1.74 bits per heavy atom. The maximum Gasteiger partial charge on any atom is 0.276 e. The van der Waals surface area contributed by atoms with Crippen LogP contribution in [0.25, 0.3) is 0 Å². The topological polar surface area (TPSA) is 70.7 Å². The molecule has 27 heavy (non-hydrogen) atoms. The first-order valence-corrected chi connectivity index (χ1v) is 9.13. The Morgan fingerprint density at radius 1 is 1.04 bits per heavy atom. The predicted octanol–water partition coefficient (Wildman–Crippen LogP) is 2.28. The lowest BCUT2D eigenvalue weighted by Crippen LogP contribution is -2.48. The van der Waals surface area contributed by atoms with Gasteiger partial charge in [0, 0.05) is 12.2 Å². The molecule has 0 fully saturated rings. The van der Waals surface area contributed by atoms with E-state index in [-0.39, 0.29) is 19.1 Å². The third-order valence-corrected chi connectivity index (χ3v) is 4.45. The van der Waals surface area contributed by atoms with Crippen LogP contribution in [0.15, 0.2) is 42.5 Å². The fourth-order valence-electron chi connectivity index (χ4n) is 3.33. The second-order valence-corrected chi connectivity index (χ2v) is 6.86. The highest BCUT2D eigenvalue weighted by molar-refractivity contribution is 5.85. The molecular formula is C21H25N3O3. The fourth-order valence-corrected chi connectivity index (χ4v) is 3.33. The summed E-state index contributed by atoms with van der Waals surface area (Å²) in [6.45, 7) is 4.82. The van der Waals surface area contributed by atoms with E-state index in [0.717, 1.165) is 36.2 Å².